The summed E-state index contributed by atoms with van der Waals surface area (Å²) in [6.45, 7) is 7.90. The molecule has 0 bridgehead atoms. The van der Waals surface area contributed by atoms with Crippen molar-refractivity contribution in [2.45, 2.75) is 34.1 Å². The van der Waals surface area contributed by atoms with Crippen LogP contribution >= 0.6 is 11.6 Å². The van der Waals surface area contributed by atoms with E-state index < -0.39 is 5.97 Å². The van der Waals surface area contributed by atoms with E-state index in [9.17, 15) is 9.59 Å². The number of hydrogen-bond donors (Lipinski definition) is 2. The fourth-order valence-corrected chi connectivity index (χ4v) is 2.55. The van der Waals surface area contributed by atoms with E-state index in [-0.39, 0.29) is 23.6 Å². The number of H-pyrrole nitrogens is 1. The highest BCUT2D eigenvalue weighted by molar-refractivity contribution is 6.31. The van der Waals surface area contributed by atoms with Crippen molar-refractivity contribution >= 4 is 40.6 Å². The summed E-state index contributed by atoms with van der Waals surface area (Å²) in [5.41, 5.74) is 3.87. The van der Waals surface area contributed by atoms with Gasteiger partial charge in [-0.15, -0.1) is 0 Å². The van der Waals surface area contributed by atoms with Crippen LogP contribution in [0.2, 0.25) is 5.02 Å². The van der Waals surface area contributed by atoms with E-state index in [0.29, 0.717) is 22.5 Å². The van der Waals surface area contributed by atoms with Gasteiger partial charge in [-0.1, -0.05) is 38.4 Å². The molecular formula is C18H22ClN3O3. The first-order chi connectivity index (χ1) is 11.7. The summed E-state index contributed by atoms with van der Waals surface area (Å²) in [4.78, 5) is 27.0. The van der Waals surface area contributed by atoms with Gasteiger partial charge >= 0.3 is 5.97 Å². The number of hydrazone groups is 1. The Kier molecular flexibility index (Phi) is 5.85. The minimum absolute atomic E-state index is 0.132. The fraction of sp³-hybridized carbons (Fsp3) is 0.389. The molecule has 7 heteroatoms. The van der Waals surface area contributed by atoms with E-state index in [1.807, 2.05) is 20.8 Å². The van der Waals surface area contributed by atoms with Crippen molar-refractivity contribution in [3.05, 3.63) is 34.5 Å². The molecule has 2 N–H and O–H groups in total. The topological polar surface area (TPSA) is 83.6 Å². The average molecular weight is 364 g/mol. The molecular weight excluding hydrogens is 342 g/mol. The number of fused-ring (bicyclic) bond motifs is 1. The van der Waals surface area contributed by atoms with Gasteiger partial charge in [0.25, 0.3) is 0 Å². The van der Waals surface area contributed by atoms with Crippen LogP contribution in [-0.4, -0.2) is 29.7 Å². The molecule has 0 aliphatic rings. The molecule has 2 aromatic rings. The van der Waals surface area contributed by atoms with Gasteiger partial charge in [0.15, 0.2) is 0 Å². The first-order valence-corrected chi connectivity index (χ1v) is 8.39. The number of esters is 1. The van der Waals surface area contributed by atoms with Crippen LogP contribution in [0.1, 0.15) is 50.2 Å². The van der Waals surface area contributed by atoms with Gasteiger partial charge in [-0.2, -0.15) is 5.10 Å². The summed E-state index contributed by atoms with van der Waals surface area (Å²) in [6.07, 6.45) is 1.79. The third-order valence-electron chi connectivity index (χ3n) is 3.35. The van der Waals surface area contributed by atoms with Crippen molar-refractivity contribution in [3.63, 3.8) is 0 Å². The molecule has 0 radical (unpaired) electrons. The highest BCUT2D eigenvalue weighted by atomic mass is 35.5. The van der Waals surface area contributed by atoms with E-state index in [1.54, 1.807) is 25.1 Å². The maximum atomic E-state index is 12.2. The Bertz CT molecular complexity index is 819. The van der Waals surface area contributed by atoms with Gasteiger partial charge in [-0.3, -0.25) is 4.79 Å². The fourth-order valence-electron chi connectivity index (χ4n) is 2.38. The SMILES string of the molecule is CCOC(=O)c1[nH]c2cc(Cl)ccc2c1/C=N/NC(=O)CC(C)(C)C. The molecule has 6 nitrogen and oxygen atoms in total. The van der Waals surface area contributed by atoms with Crippen molar-refractivity contribution in [3.8, 4) is 0 Å². The maximum absolute atomic E-state index is 12.2. The number of benzene rings is 1. The Morgan fingerprint density at radius 2 is 2.08 bits per heavy atom. The van der Waals surface area contributed by atoms with Crippen LogP contribution in [0.5, 0.6) is 0 Å². The lowest BCUT2D eigenvalue weighted by atomic mass is 9.92. The average Bonchev–Trinajstić information content (AvgIpc) is 2.83. The number of hydrogen-bond acceptors (Lipinski definition) is 4. The molecule has 25 heavy (non-hydrogen) atoms. The number of carbonyl (C=O) groups is 2. The van der Waals surface area contributed by atoms with Crippen LogP contribution in [0, 0.1) is 5.41 Å². The van der Waals surface area contributed by atoms with Crippen LogP contribution in [-0.2, 0) is 9.53 Å². The minimum Gasteiger partial charge on any atom is -0.461 e. The molecule has 1 aromatic heterocycles. The van der Waals surface area contributed by atoms with E-state index in [1.165, 1.54) is 6.21 Å². The van der Waals surface area contributed by atoms with Gasteiger partial charge in [0.2, 0.25) is 5.91 Å². The minimum atomic E-state index is -0.489. The van der Waals surface area contributed by atoms with E-state index in [0.717, 1.165) is 5.39 Å². The first-order valence-electron chi connectivity index (χ1n) is 8.01. The van der Waals surface area contributed by atoms with E-state index in [2.05, 4.69) is 15.5 Å². The van der Waals surface area contributed by atoms with Crippen LogP contribution < -0.4 is 5.43 Å². The van der Waals surface area contributed by atoms with Gasteiger partial charge in [0, 0.05) is 27.9 Å². The second kappa shape index (κ2) is 7.70. The standard InChI is InChI=1S/C18H22ClN3O3/c1-5-25-17(24)16-13(10-20-22-15(23)9-18(2,3)4)12-7-6-11(19)8-14(12)21-16/h6-8,10,21H,5,9H2,1-4H3,(H,22,23)/b20-10+. The lowest BCUT2D eigenvalue weighted by Crippen LogP contribution is -2.23. The second-order valence-electron chi connectivity index (χ2n) is 6.85. The summed E-state index contributed by atoms with van der Waals surface area (Å²) >= 11 is 6.00. The van der Waals surface area contributed by atoms with Crippen molar-refractivity contribution in [1.82, 2.24) is 10.4 Å². The predicted molar refractivity (Wildman–Crippen MR) is 99.1 cm³/mol. The zero-order valence-corrected chi connectivity index (χ0v) is 15.5. The molecule has 0 fully saturated rings. The van der Waals surface area contributed by atoms with Gasteiger partial charge in [-0.25, -0.2) is 10.2 Å². The molecule has 2 rings (SSSR count). The Labute approximate surface area is 151 Å². The van der Waals surface area contributed by atoms with E-state index >= 15 is 0 Å². The van der Waals surface area contributed by atoms with E-state index in [4.69, 9.17) is 16.3 Å². The zero-order chi connectivity index (χ0) is 18.6. The lowest BCUT2D eigenvalue weighted by molar-refractivity contribution is -0.122. The molecule has 0 spiro atoms. The molecule has 0 aliphatic heterocycles. The first kappa shape index (κ1) is 19.0. The van der Waals surface area contributed by atoms with Crippen LogP contribution in [0.4, 0.5) is 0 Å². The summed E-state index contributed by atoms with van der Waals surface area (Å²) < 4.78 is 5.07. The van der Waals surface area contributed by atoms with Crippen LogP contribution in [0.15, 0.2) is 23.3 Å². The zero-order valence-electron chi connectivity index (χ0n) is 14.8. The number of ether oxygens (including phenoxy) is 1. The molecule has 0 unspecified atom stereocenters. The molecule has 0 atom stereocenters. The number of nitrogens with zero attached hydrogens (tertiary/aromatic N) is 1. The Morgan fingerprint density at radius 3 is 2.72 bits per heavy atom. The third kappa shape index (κ3) is 5.06. The molecule has 0 aliphatic carbocycles. The monoisotopic (exact) mass is 363 g/mol. The van der Waals surface area contributed by atoms with Crippen molar-refractivity contribution in [2.75, 3.05) is 6.61 Å². The number of aromatic nitrogens is 1. The summed E-state index contributed by atoms with van der Waals surface area (Å²) in [5, 5.41) is 5.30. The second-order valence-corrected chi connectivity index (χ2v) is 7.29. The molecule has 0 saturated carbocycles. The smallest absolute Gasteiger partial charge is 0.355 e. The molecule has 134 valence electrons. The molecule has 0 saturated heterocycles. The summed E-state index contributed by atoms with van der Waals surface area (Å²) in [7, 11) is 0. The summed E-state index contributed by atoms with van der Waals surface area (Å²) in [5.74, 6) is -0.679. The lowest BCUT2D eigenvalue weighted by Gasteiger charge is -2.15. The van der Waals surface area contributed by atoms with Gasteiger partial charge < -0.3 is 9.72 Å². The van der Waals surface area contributed by atoms with Crippen molar-refractivity contribution < 1.29 is 14.3 Å². The van der Waals surface area contributed by atoms with Gasteiger partial charge in [0.05, 0.1) is 12.8 Å². The number of carbonyl (C=O) groups excluding carboxylic acids is 2. The number of amides is 1. The number of halogens is 1. The number of aromatic amines is 1. The highest BCUT2D eigenvalue weighted by Crippen LogP contribution is 2.25. The normalized spacial score (nSPS) is 11.9. The van der Waals surface area contributed by atoms with Crippen molar-refractivity contribution in [1.29, 1.82) is 0 Å². The van der Waals surface area contributed by atoms with Gasteiger partial charge in [0.1, 0.15) is 5.69 Å². The number of rotatable bonds is 5. The third-order valence-corrected chi connectivity index (χ3v) is 3.59. The molecule has 1 aromatic carbocycles. The Balaban J connectivity index is 2.31. The highest BCUT2D eigenvalue weighted by Gasteiger charge is 2.18. The predicted octanol–water partition coefficient (Wildman–Crippen LogP) is 3.88. The maximum Gasteiger partial charge on any atom is 0.355 e. The Hall–Kier alpha value is -2.34. The van der Waals surface area contributed by atoms with Crippen LogP contribution in [0.3, 0.4) is 0 Å². The van der Waals surface area contributed by atoms with Gasteiger partial charge in [-0.05, 0) is 24.5 Å². The van der Waals surface area contributed by atoms with Crippen LogP contribution in [0.25, 0.3) is 10.9 Å². The summed E-state index contributed by atoms with van der Waals surface area (Å²) in [6, 6.07) is 5.23. The molecule has 1 heterocycles. The Morgan fingerprint density at radius 1 is 1.36 bits per heavy atom. The molecule has 1 amide bonds. The largest absolute Gasteiger partial charge is 0.461 e. The quantitative estimate of drug-likeness (QED) is 0.480. The van der Waals surface area contributed by atoms with Crippen molar-refractivity contribution in [2.24, 2.45) is 10.5 Å². The number of nitrogens with one attached hydrogen (secondary N) is 2.